The number of terminal acetylenes is 1. The summed E-state index contributed by atoms with van der Waals surface area (Å²) in [4.78, 5) is 11.3. The fraction of sp³-hybridized carbons (Fsp3) is 0.583. The van der Waals surface area contributed by atoms with Crippen LogP contribution in [0, 0.1) is 18.3 Å². The van der Waals surface area contributed by atoms with Crippen molar-refractivity contribution in [2.75, 3.05) is 23.8 Å². The number of carbonyl (C=O) groups is 1. The molecule has 1 saturated heterocycles. The SMILES string of the molecule is C#CCNC(=O)CSc1nnc(C[C@@H]2CCS(=O)(=O)C2)o1. The molecule has 1 aliphatic heterocycles. The Kier molecular flexibility index (Phi) is 5.25. The number of carbonyl (C=O) groups excluding carboxylic acids is 1. The molecule has 0 bridgehead atoms. The summed E-state index contributed by atoms with van der Waals surface area (Å²) in [5, 5.41) is 10.5. The van der Waals surface area contributed by atoms with Crippen molar-refractivity contribution in [2.45, 2.75) is 18.1 Å². The van der Waals surface area contributed by atoms with Crippen LogP contribution in [-0.4, -0.2) is 48.3 Å². The highest BCUT2D eigenvalue weighted by atomic mass is 32.2. The fourth-order valence-corrected chi connectivity index (χ4v) is 4.46. The second-order valence-corrected chi connectivity index (χ2v) is 7.86. The van der Waals surface area contributed by atoms with Crippen molar-refractivity contribution < 1.29 is 17.6 Å². The van der Waals surface area contributed by atoms with Gasteiger partial charge in [0.2, 0.25) is 11.8 Å². The van der Waals surface area contributed by atoms with Gasteiger partial charge in [0.05, 0.1) is 23.8 Å². The Balaban J connectivity index is 1.79. The van der Waals surface area contributed by atoms with Gasteiger partial charge in [-0.2, -0.15) is 0 Å². The molecule has 1 aliphatic rings. The number of aromatic nitrogens is 2. The minimum Gasteiger partial charge on any atom is -0.416 e. The molecule has 2 heterocycles. The monoisotopic (exact) mass is 329 g/mol. The van der Waals surface area contributed by atoms with E-state index >= 15 is 0 Å². The highest BCUT2D eigenvalue weighted by Gasteiger charge is 2.29. The van der Waals surface area contributed by atoms with Gasteiger partial charge in [-0.25, -0.2) is 8.42 Å². The summed E-state index contributed by atoms with van der Waals surface area (Å²) in [6, 6.07) is 0. The maximum Gasteiger partial charge on any atom is 0.277 e. The van der Waals surface area contributed by atoms with Crippen LogP contribution in [0.2, 0.25) is 0 Å². The van der Waals surface area contributed by atoms with Crippen LogP contribution >= 0.6 is 11.8 Å². The summed E-state index contributed by atoms with van der Waals surface area (Å²) >= 11 is 1.12. The third-order valence-corrected chi connectivity index (χ3v) is 5.61. The molecule has 21 heavy (non-hydrogen) atoms. The number of sulfone groups is 1. The number of thioether (sulfide) groups is 1. The number of nitrogens with zero attached hydrogens (tertiary/aromatic N) is 2. The molecule has 114 valence electrons. The highest BCUT2D eigenvalue weighted by molar-refractivity contribution is 7.99. The van der Waals surface area contributed by atoms with Gasteiger partial charge in [-0.1, -0.05) is 17.7 Å². The minimum absolute atomic E-state index is 0.0345. The van der Waals surface area contributed by atoms with Crippen molar-refractivity contribution >= 4 is 27.5 Å². The number of hydrogen-bond acceptors (Lipinski definition) is 7. The van der Waals surface area contributed by atoms with Gasteiger partial charge < -0.3 is 9.73 Å². The van der Waals surface area contributed by atoms with E-state index in [1.807, 2.05) is 0 Å². The molecule has 1 aromatic rings. The van der Waals surface area contributed by atoms with E-state index in [2.05, 4.69) is 21.4 Å². The van der Waals surface area contributed by atoms with Crippen LogP contribution in [0.1, 0.15) is 12.3 Å². The lowest BCUT2D eigenvalue weighted by molar-refractivity contribution is -0.118. The van der Waals surface area contributed by atoms with Crippen molar-refractivity contribution in [3.63, 3.8) is 0 Å². The Morgan fingerprint density at radius 2 is 2.33 bits per heavy atom. The van der Waals surface area contributed by atoms with Gasteiger partial charge in [0, 0.05) is 6.42 Å². The van der Waals surface area contributed by atoms with E-state index in [0.29, 0.717) is 24.0 Å². The molecule has 0 radical (unpaired) electrons. The summed E-state index contributed by atoms with van der Waals surface area (Å²) in [5.74, 6) is 3.08. The van der Waals surface area contributed by atoms with Crippen molar-refractivity contribution in [3.05, 3.63) is 5.89 Å². The number of rotatable bonds is 6. The highest BCUT2D eigenvalue weighted by Crippen LogP contribution is 2.23. The van der Waals surface area contributed by atoms with Crippen molar-refractivity contribution in [3.8, 4) is 12.3 Å². The lowest BCUT2D eigenvalue weighted by Gasteiger charge is -2.01. The molecule has 7 nitrogen and oxygen atoms in total. The molecule has 9 heteroatoms. The average Bonchev–Trinajstić information content (AvgIpc) is 3.01. The van der Waals surface area contributed by atoms with E-state index in [0.717, 1.165) is 11.8 Å². The maximum atomic E-state index is 11.4. The van der Waals surface area contributed by atoms with E-state index in [4.69, 9.17) is 10.8 Å². The Labute approximate surface area is 127 Å². The van der Waals surface area contributed by atoms with Gasteiger partial charge in [0.15, 0.2) is 9.84 Å². The molecule has 1 N–H and O–H groups in total. The zero-order chi connectivity index (χ0) is 15.3. The summed E-state index contributed by atoms with van der Waals surface area (Å²) in [6.07, 6.45) is 6.11. The zero-order valence-electron chi connectivity index (χ0n) is 11.2. The lowest BCUT2D eigenvalue weighted by Crippen LogP contribution is -2.25. The first-order valence-electron chi connectivity index (χ1n) is 6.34. The van der Waals surface area contributed by atoms with Gasteiger partial charge in [0.1, 0.15) is 0 Å². The molecule has 1 aromatic heterocycles. The second-order valence-electron chi connectivity index (χ2n) is 4.70. The van der Waals surface area contributed by atoms with E-state index in [1.54, 1.807) is 0 Å². The number of nitrogens with one attached hydrogen (secondary N) is 1. The molecule has 0 aromatic carbocycles. The molecule has 0 spiro atoms. The standard InChI is InChI=1S/C12H15N3O4S2/c1-2-4-13-10(16)7-20-12-15-14-11(19-12)6-9-3-5-21(17,18)8-9/h1,9H,3-8H2,(H,13,16)/t9-/m0/s1. The molecular formula is C12H15N3O4S2. The molecule has 0 unspecified atom stereocenters. The van der Waals surface area contributed by atoms with Gasteiger partial charge in [-0.05, 0) is 12.3 Å². The van der Waals surface area contributed by atoms with E-state index < -0.39 is 9.84 Å². The molecule has 1 atom stereocenters. The van der Waals surface area contributed by atoms with E-state index in [9.17, 15) is 13.2 Å². The van der Waals surface area contributed by atoms with Crippen molar-refractivity contribution in [1.82, 2.24) is 15.5 Å². The molecular weight excluding hydrogens is 314 g/mol. The first kappa shape index (κ1) is 15.9. The van der Waals surface area contributed by atoms with Gasteiger partial charge in [-0.3, -0.25) is 4.79 Å². The summed E-state index contributed by atoms with van der Waals surface area (Å²) in [7, 11) is -2.90. The molecule has 0 saturated carbocycles. The summed E-state index contributed by atoms with van der Waals surface area (Å²) in [6.45, 7) is 0.185. The van der Waals surface area contributed by atoms with Crippen LogP contribution in [0.3, 0.4) is 0 Å². The third kappa shape index (κ3) is 5.06. The quantitative estimate of drug-likeness (QED) is 0.574. The molecule has 2 rings (SSSR count). The van der Waals surface area contributed by atoms with Gasteiger partial charge >= 0.3 is 0 Å². The van der Waals surface area contributed by atoms with Crippen LogP contribution in [0.25, 0.3) is 0 Å². The van der Waals surface area contributed by atoms with Crippen LogP contribution in [0.4, 0.5) is 0 Å². The second kappa shape index (κ2) is 6.95. The minimum atomic E-state index is -2.90. The predicted molar refractivity (Wildman–Crippen MR) is 77.3 cm³/mol. The summed E-state index contributed by atoms with van der Waals surface area (Å²) in [5.41, 5.74) is 0. The Bertz CT molecular complexity index is 648. The largest absolute Gasteiger partial charge is 0.416 e. The first-order chi connectivity index (χ1) is 9.98. The van der Waals surface area contributed by atoms with Crippen molar-refractivity contribution in [2.24, 2.45) is 5.92 Å². The maximum absolute atomic E-state index is 11.4. The van der Waals surface area contributed by atoms with Crippen LogP contribution in [-0.2, 0) is 21.1 Å². The van der Waals surface area contributed by atoms with Gasteiger partial charge in [0.25, 0.3) is 5.22 Å². The van der Waals surface area contributed by atoms with Crippen LogP contribution in [0.5, 0.6) is 0 Å². The normalized spacial score (nSPS) is 20.0. The Morgan fingerprint density at radius 3 is 3.00 bits per heavy atom. The average molecular weight is 329 g/mol. The Hall–Kier alpha value is -1.53. The fourth-order valence-electron chi connectivity index (χ4n) is 1.99. The number of amides is 1. The smallest absolute Gasteiger partial charge is 0.277 e. The molecule has 0 aliphatic carbocycles. The predicted octanol–water partition coefficient (Wildman–Crippen LogP) is -0.112. The van der Waals surface area contributed by atoms with E-state index in [1.165, 1.54) is 0 Å². The topological polar surface area (TPSA) is 102 Å². The van der Waals surface area contributed by atoms with Crippen molar-refractivity contribution in [1.29, 1.82) is 0 Å². The lowest BCUT2D eigenvalue weighted by atomic mass is 10.1. The Morgan fingerprint density at radius 1 is 1.52 bits per heavy atom. The summed E-state index contributed by atoms with van der Waals surface area (Å²) < 4.78 is 28.1. The zero-order valence-corrected chi connectivity index (χ0v) is 12.9. The third-order valence-electron chi connectivity index (χ3n) is 2.95. The van der Waals surface area contributed by atoms with E-state index in [-0.39, 0.29) is 35.6 Å². The molecule has 1 fully saturated rings. The first-order valence-corrected chi connectivity index (χ1v) is 9.15. The van der Waals surface area contributed by atoms with Crippen LogP contribution < -0.4 is 5.32 Å². The number of hydrogen-bond donors (Lipinski definition) is 1. The van der Waals surface area contributed by atoms with Crippen LogP contribution in [0.15, 0.2) is 9.64 Å². The molecule has 1 amide bonds. The van der Waals surface area contributed by atoms with Gasteiger partial charge in [-0.15, -0.1) is 16.6 Å².